The lowest BCUT2D eigenvalue weighted by Gasteiger charge is -2.29. The van der Waals surface area contributed by atoms with Crippen LogP contribution in [0.3, 0.4) is 0 Å². The highest BCUT2D eigenvalue weighted by Crippen LogP contribution is 2.31. The van der Waals surface area contributed by atoms with Crippen molar-refractivity contribution in [1.82, 2.24) is 0 Å². The van der Waals surface area contributed by atoms with Crippen LogP contribution in [-0.2, 0) is 4.74 Å². The normalized spacial score (nSPS) is 14.1. The number of fused-ring (bicyclic) bond motifs is 1. The fraction of sp³-hybridized carbons (Fsp3) is 0.467. The van der Waals surface area contributed by atoms with Crippen molar-refractivity contribution in [2.75, 3.05) is 6.61 Å². The molecule has 0 radical (unpaired) electrons. The fourth-order valence-electron chi connectivity index (χ4n) is 2.14. The Labute approximate surface area is 108 Å². The van der Waals surface area contributed by atoms with Crippen LogP contribution in [-0.4, -0.2) is 12.2 Å². The molecule has 0 aliphatic carbocycles. The summed E-state index contributed by atoms with van der Waals surface area (Å²) in [6.45, 7) is 8.64. The third-order valence-electron chi connectivity index (χ3n) is 3.26. The molecule has 1 heterocycles. The van der Waals surface area contributed by atoms with E-state index in [1.54, 1.807) is 0 Å². The van der Waals surface area contributed by atoms with Gasteiger partial charge in [-0.15, -0.1) is 0 Å². The van der Waals surface area contributed by atoms with Gasteiger partial charge in [-0.3, -0.25) is 0 Å². The molecule has 98 valence electrons. The first-order chi connectivity index (χ1) is 8.44. The van der Waals surface area contributed by atoms with E-state index in [1.165, 1.54) is 5.56 Å². The number of hydrogen-bond acceptors (Lipinski definition) is 3. The maximum absolute atomic E-state index is 6.24. The topological polar surface area (TPSA) is 48.4 Å². The number of ether oxygens (including phenoxy) is 1. The molecule has 18 heavy (non-hydrogen) atoms. The number of nitrogens with two attached hydrogens (primary N) is 1. The van der Waals surface area contributed by atoms with E-state index in [2.05, 4.69) is 13.0 Å². The lowest BCUT2D eigenvalue weighted by molar-refractivity contribution is -0.0338. The third-order valence-corrected chi connectivity index (χ3v) is 3.26. The number of rotatable bonds is 4. The summed E-state index contributed by atoms with van der Waals surface area (Å²) in [4.78, 5) is 0. The Balaban J connectivity index is 2.36. The summed E-state index contributed by atoms with van der Waals surface area (Å²) in [5.41, 5.74) is 7.90. The summed E-state index contributed by atoms with van der Waals surface area (Å²) in [5.74, 6) is 0.772. The maximum atomic E-state index is 6.24. The second-order valence-corrected chi connectivity index (χ2v) is 5.20. The summed E-state index contributed by atoms with van der Waals surface area (Å²) in [6, 6.07) is 7.85. The zero-order chi connectivity index (χ0) is 13.3. The molecule has 2 N–H and O–H groups in total. The molecule has 1 unspecified atom stereocenters. The van der Waals surface area contributed by atoms with Crippen molar-refractivity contribution in [3.63, 3.8) is 0 Å². The smallest absolute Gasteiger partial charge is 0.134 e. The Kier molecular flexibility index (Phi) is 3.46. The molecule has 0 saturated carbocycles. The molecule has 0 bridgehead atoms. The maximum Gasteiger partial charge on any atom is 0.134 e. The quantitative estimate of drug-likeness (QED) is 0.898. The first-order valence-corrected chi connectivity index (χ1v) is 6.33. The van der Waals surface area contributed by atoms with Crippen LogP contribution in [0.1, 0.15) is 38.1 Å². The predicted molar refractivity (Wildman–Crippen MR) is 73.6 cm³/mol. The van der Waals surface area contributed by atoms with E-state index in [0.29, 0.717) is 6.61 Å². The van der Waals surface area contributed by atoms with Gasteiger partial charge in [0.1, 0.15) is 11.3 Å². The zero-order valence-corrected chi connectivity index (χ0v) is 11.5. The Morgan fingerprint density at radius 2 is 2.06 bits per heavy atom. The summed E-state index contributed by atoms with van der Waals surface area (Å²) in [5, 5.41) is 1.09. The highest BCUT2D eigenvalue weighted by molar-refractivity contribution is 5.78. The van der Waals surface area contributed by atoms with Gasteiger partial charge >= 0.3 is 0 Å². The highest BCUT2D eigenvalue weighted by atomic mass is 16.5. The molecular weight excluding hydrogens is 226 g/mol. The predicted octanol–water partition coefficient (Wildman–Crippen LogP) is 3.56. The number of benzene rings is 1. The van der Waals surface area contributed by atoms with Gasteiger partial charge in [-0.1, -0.05) is 11.6 Å². The van der Waals surface area contributed by atoms with Gasteiger partial charge in [-0.2, -0.15) is 0 Å². The molecule has 0 spiro atoms. The van der Waals surface area contributed by atoms with E-state index in [0.717, 1.165) is 16.7 Å². The van der Waals surface area contributed by atoms with E-state index in [9.17, 15) is 0 Å². The average Bonchev–Trinajstić information content (AvgIpc) is 2.70. The van der Waals surface area contributed by atoms with E-state index in [1.807, 2.05) is 39.0 Å². The second kappa shape index (κ2) is 4.75. The zero-order valence-electron chi connectivity index (χ0n) is 11.5. The minimum Gasteiger partial charge on any atom is -0.459 e. The first-order valence-electron chi connectivity index (χ1n) is 6.33. The summed E-state index contributed by atoms with van der Waals surface area (Å²) >= 11 is 0. The van der Waals surface area contributed by atoms with Crippen LogP contribution in [0, 0.1) is 6.92 Å². The van der Waals surface area contributed by atoms with Gasteiger partial charge in [-0.25, -0.2) is 0 Å². The van der Waals surface area contributed by atoms with Gasteiger partial charge in [0.25, 0.3) is 0 Å². The number of hydrogen-bond donors (Lipinski definition) is 1. The van der Waals surface area contributed by atoms with Gasteiger partial charge in [-0.05, 0) is 45.9 Å². The Morgan fingerprint density at radius 3 is 2.72 bits per heavy atom. The Bertz CT molecular complexity index is 542. The molecule has 3 nitrogen and oxygen atoms in total. The van der Waals surface area contributed by atoms with Crippen LogP contribution >= 0.6 is 0 Å². The largest absolute Gasteiger partial charge is 0.459 e. The molecule has 0 fully saturated rings. The lowest BCUT2D eigenvalue weighted by Crippen LogP contribution is -2.38. The number of furan rings is 1. The average molecular weight is 247 g/mol. The fourth-order valence-corrected chi connectivity index (χ4v) is 2.14. The molecule has 3 heteroatoms. The van der Waals surface area contributed by atoms with E-state index in [4.69, 9.17) is 14.9 Å². The van der Waals surface area contributed by atoms with Gasteiger partial charge in [0.05, 0.1) is 11.6 Å². The second-order valence-electron chi connectivity index (χ2n) is 5.20. The minimum atomic E-state index is -0.433. The molecule has 0 amide bonds. The van der Waals surface area contributed by atoms with E-state index in [-0.39, 0.29) is 6.04 Å². The molecule has 2 rings (SSSR count). The van der Waals surface area contributed by atoms with Gasteiger partial charge in [0.2, 0.25) is 0 Å². The highest BCUT2D eigenvalue weighted by Gasteiger charge is 2.30. The molecule has 0 aliphatic rings. The van der Waals surface area contributed by atoms with Crippen molar-refractivity contribution in [3.8, 4) is 0 Å². The molecule has 2 aromatic rings. The molecule has 1 aromatic heterocycles. The van der Waals surface area contributed by atoms with Crippen LogP contribution in [0.25, 0.3) is 11.0 Å². The van der Waals surface area contributed by atoms with Crippen molar-refractivity contribution in [2.24, 2.45) is 5.73 Å². The standard InChI is InChI=1S/C15H21NO2/c1-5-17-15(3,4)14(16)13-9-11-8-10(2)6-7-12(11)18-13/h6-9,14H,5,16H2,1-4H3. The molecule has 0 saturated heterocycles. The van der Waals surface area contributed by atoms with Crippen LogP contribution in [0.15, 0.2) is 28.7 Å². The lowest BCUT2D eigenvalue weighted by atomic mass is 9.97. The third kappa shape index (κ3) is 2.42. The SMILES string of the molecule is CCOC(C)(C)C(N)c1cc2cc(C)ccc2o1. The molecule has 0 aliphatic heterocycles. The first kappa shape index (κ1) is 13.1. The molecule has 1 atom stereocenters. The van der Waals surface area contributed by atoms with Crippen molar-refractivity contribution in [1.29, 1.82) is 0 Å². The number of aryl methyl sites for hydroxylation is 1. The molecule has 1 aromatic carbocycles. The monoisotopic (exact) mass is 247 g/mol. The van der Waals surface area contributed by atoms with Crippen LogP contribution in [0.2, 0.25) is 0 Å². The van der Waals surface area contributed by atoms with Crippen molar-refractivity contribution >= 4 is 11.0 Å². The van der Waals surface area contributed by atoms with Crippen molar-refractivity contribution in [2.45, 2.75) is 39.3 Å². The van der Waals surface area contributed by atoms with Crippen LogP contribution in [0.5, 0.6) is 0 Å². The van der Waals surface area contributed by atoms with Gasteiger partial charge < -0.3 is 14.9 Å². The van der Waals surface area contributed by atoms with E-state index >= 15 is 0 Å². The van der Waals surface area contributed by atoms with Gasteiger partial charge in [0.15, 0.2) is 0 Å². The van der Waals surface area contributed by atoms with Crippen molar-refractivity contribution in [3.05, 3.63) is 35.6 Å². The van der Waals surface area contributed by atoms with Gasteiger partial charge in [0, 0.05) is 12.0 Å². The summed E-state index contributed by atoms with van der Waals surface area (Å²) < 4.78 is 11.5. The minimum absolute atomic E-state index is 0.273. The van der Waals surface area contributed by atoms with E-state index < -0.39 is 5.60 Å². The van der Waals surface area contributed by atoms with Crippen LogP contribution in [0.4, 0.5) is 0 Å². The summed E-state index contributed by atoms with van der Waals surface area (Å²) in [6.07, 6.45) is 0. The summed E-state index contributed by atoms with van der Waals surface area (Å²) in [7, 11) is 0. The van der Waals surface area contributed by atoms with Crippen molar-refractivity contribution < 1.29 is 9.15 Å². The Hall–Kier alpha value is -1.32. The molecular formula is C15H21NO2. The van der Waals surface area contributed by atoms with Crippen LogP contribution < -0.4 is 5.73 Å². The Morgan fingerprint density at radius 1 is 1.33 bits per heavy atom.